The molecule has 0 amide bonds. The Balaban J connectivity index is 1.56. The van der Waals surface area contributed by atoms with Crippen LogP contribution >= 0.6 is 0 Å². The van der Waals surface area contributed by atoms with Gasteiger partial charge in [0.15, 0.2) is 5.82 Å². The lowest BCUT2D eigenvalue weighted by atomic mass is 10.2. The van der Waals surface area contributed by atoms with Crippen molar-refractivity contribution in [2.45, 2.75) is 25.7 Å². The summed E-state index contributed by atoms with van der Waals surface area (Å²) in [6.45, 7) is 4.09. The molecule has 0 aliphatic carbocycles. The highest BCUT2D eigenvalue weighted by Gasteiger charge is 2.20. The summed E-state index contributed by atoms with van der Waals surface area (Å²) < 4.78 is 0. The van der Waals surface area contributed by atoms with Crippen LogP contribution in [0.5, 0.6) is 5.75 Å². The number of phenols is 1. The minimum atomic E-state index is 0.205. The number of nitrogens with one attached hydrogen (secondary N) is 1. The second-order valence-electron chi connectivity index (χ2n) is 6.73. The average Bonchev–Trinajstić information content (AvgIpc) is 3.37. The third kappa shape index (κ3) is 3.71. The van der Waals surface area contributed by atoms with Crippen LogP contribution in [0.15, 0.2) is 35.4 Å². The van der Waals surface area contributed by atoms with Gasteiger partial charge in [0.25, 0.3) is 0 Å². The van der Waals surface area contributed by atoms with Crippen LogP contribution in [0, 0.1) is 0 Å². The summed E-state index contributed by atoms with van der Waals surface area (Å²) in [6, 6.07) is 9.06. The summed E-state index contributed by atoms with van der Waals surface area (Å²) in [4.78, 5) is 14.0. The molecule has 0 spiro atoms. The highest BCUT2D eigenvalue weighted by molar-refractivity contribution is 5.83. The summed E-state index contributed by atoms with van der Waals surface area (Å²) in [5.74, 6) is 2.61. The van der Waals surface area contributed by atoms with E-state index >= 15 is 0 Å². The molecule has 7 nitrogen and oxygen atoms in total. The van der Waals surface area contributed by atoms with Crippen molar-refractivity contribution >= 4 is 23.8 Å². The van der Waals surface area contributed by atoms with Gasteiger partial charge in [-0.05, 0) is 37.8 Å². The van der Waals surface area contributed by atoms with Crippen molar-refractivity contribution in [1.82, 2.24) is 9.97 Å². The lowest BCUT2D eigenvalue weighted by Crippen LogP contribution is -2.24. The number of nitrogens with zero attached hydrogens (tertiary/aromatic N) is 5. The Morgan fingerprint density at radius 3 is 2.38 bits per heavy atom. The van der Waals surface area contributed by atoms with Gasteiger partial charge >= 0.3 is 0 Å². The molecule has 26 heavy (non-hydrogen) atoms. The molecular formula is C19H24N6O. The minimum Gasteiger partial charge on any atom is -0.507 e. The molecule has 0 saturated carbocycles. The van der Waals surface area contributed by atoms with Gasteiger partial charge in [-0.2, -0.15) is 15.1 Å². The third-order valence-electron chi connectivity index (χ3n) is 4.84. The summed E-state index contributed by atoms with van der Waals surface area (Å²) in [7, 11) is 0. The summed E-state index contributed by atoms with van der Waals surface area (Å²) in [5, 5.41) is 14.1. The maximum atomic E-state index is 9.83. The van der Waals surface area contributed by atoms with Gasteiger partial charge in [0.1, 0.15) is 11.6 Å². The van der Waals surface area contributed by atoms with Crippen LogP contribution in [0.4, 0.5) is 17.6 Å². The molecule has 1 aromatic carbocycles. The Bertz CT molecular complexity index is 747. The first-order chi connectivity index (χ1) is 12.8. The fourth-order valence-corrected chi connectivity index (χ4v) is 3.41. The normalized spacial score (nSPS) is 17.4. The molecule has 2 saturated heterocycles. The predicted molar refractivity (Wildman–Crippen MR) is 104 cm³/mol. The molecule has 0 bridgehead atoms. The third-order valence-corrected chi connectivity index (χ3v) is 4.84. The number of benzene rings is 1. The van der Waals surface area contributed by atoms with E-state index in [0.29, 0.717) is 11.4 Å². The van der Waals surface area contributed by atoms with Crippen molar-refractivity contribution in [2.75, 3.05) is 41.4 Å². The van der Waals surface area contributed by atoms with Crippen molar-refractivity contribution in [1.29, 1.82) is 0 Å². The number of hydrogen-bond donors (Lipinski definition) is 2. The van der Waals surface area contributed by atoms with Crippen molar-refractivity contribution in [3.63, 3.8) is 0 Å². The lowest BCUT2D eigenvalue weighted by molar-refractivity contribution is 0.474. The molecule has 2 aromatic rings. The molecule has 0 atom stereocenters. The van der Waals surface area contributed by atoms with Gasteiger partial charge in [-0.15, -0.1) is 0 Å². The zero-order chi connectivity index (χ0) is 17.8. The lowest BCUT2D eigenvalue weighted by Gasteiger charge is -2.21. The molecule has 0 unspecified atom stereocenters. The molecule has 2 aliphatic heterocycles. The molecule has 2 N–H and O–H groups in total. The van der Waals surface area contributed by atoms with E-state index in [2.05, 4.69) is 25.3 Å². The topological polar surface area (TPSA) is 76.9 Å². The monoisotopic (exact) mass is 352 g/mol. The maximum Gasteiger partial charge on any atom is 0.229 e. The highest BCUT2D eigenvalue weighted by Crippen LogP contribution is 2.25. The van der Waals surface area contributed by atoms with Crippen molar-refractivity contribution < 1.29 is 5.11 Å². The number of para-hydroxylation sites is 1. The second-order valence-corrected chi connectivity index (χ2v) is 6.73. The Labute approximate surface area is 153 Å². The molecule has 1 aromatic heterocycles. The zero-order valence-electron chi connectivity index (χ0n) is 14.8. The fourth-order valence-electron chi connectivity index (χ4n) is 3.41. The van der Waals surface area contributed by atoms with Crippen LogP contribution in [0.1, 0.15) is 31.2 Å². The zero-order valence-corrected chi connectivity index (χ0v) is 14.8. The van der Waals surface area contributed by atoms with E-state index in [0.717, 1.165) is 37.9 Å². The van der Waals surface area contributed by atoms with Crippen LogP contribution in [0.25, 0.3) is 0 Å². The van der Waals surface area contributed by atoms with Crippen LogP contribution in [-0.4, -0.2) is 47.5 Å². The van der Waals surface area contributed by atoms with E-state index in [1.165, 1.54) is 25.7 Å². The van der Waals surface area contributed by atoms with Gasteiger partial charge in [-0.1, -0.05) is 12.1 Å². The highest BCUT2D eigenvalue weighted by atomic mass is 16.3. The average molecular weight is 352 g/mol. The first kappa shape index (κ1) is 16.6. The standard InChI is InChI=1S/C19H24N6O/c26-16-8-2-1-7-15(16)14-20-23-17-13-18(24-9-3-4-10-24)22-19(21-17)25-11-5-6-12-25/h1-2,7-8,13-14,26H,3-6,9-12H2,(H,21,22,23)/b20-14-. The van der Waals surface area contributed by atoms with Crippen LogP contribution in [0.2, 0.25) is 0 Å². The molecule has 2 aliphatic rings. The first-order valence-electron chi connectivity index (χ1n) is 9.26. The van der Waals surface area contributed by atoms with Gasteiger partial charge in [-0.25, -0.2) is 0 Å². The van der Waals surface area contributed by atoms with Gasteiger partial charge in [0.2, 0.25) is 5.95 Å². The molecular weight excluding hydrogens is 328 g/mol. The van der Waals surface area contributed by atoms with Crippen molar-refractivity contribution in [2.24, 2.45) is 5.10 Å². The van der Waals surface area contributed by atoms with Crippen molar-refractivity contribution in [3.05, 3.63) is 35.9 Å². The van der Waals surface area contributed by atoms with E-state index in [4.69, 9.17) is 4.98 Å². The SMILES string of the molecule is Oc1ccccc1/C=N\Nc1cc(N2CCCC2)nc(N2CCCC2)n1. The quantitative estimate of drug-likeness (QED) is 0.636. The first-order valence-corrected chi connectivity index (χ1v) is 9.26. The van der Waals surface area contributed by atoms with Gasteiger partial charge in [0.05, 0.1) is 6.21 Å². The molecule has 0 radical (unpaired) electrons. The number of hydrogen-bond acceptors (Lipinski definition) is 7. The van der Waals surface area contributed by atoms with Crippen LogP contribution < -0.4 is 15.2 Å². The Morgan fingerprint density at radius 2 is 1.65 bits per heavy atom. The molecule has 4 rings (SSSR count). The Morgan fingerprint density at radius 1 is 0.962 bits per heavy atom. The van der Waals surface area contributed by atoms with E-state index in [1.54, 1.807) is 18.3 Å². The predicted octanol–water partition coefficient (Wildman–Crippen LogP) is 2.83. The second kappa shape index (κ2) is 7.59. The summed E-state index contributed by atoms with van der Waals surface area (Å²) >= 11 is 0. The number of aromatic hydroxyl groups is 1. The van der Waals surface area contributed by atoms with Gasteiger partial charge in [0, 0.05) is 37.8 Å². The van der Waals surface area contributed by atoms with Gasteiger partial charge in [-0.3, -0.25) is 5.43 Å². The molecule has 3 heterocycles. The molecule has 136 valence electrons. The number of hydrazone groups is 1. The summed E-state index contributed by atoms with van der Waals surface area (Å²) in [5.41, 5.74) is 3.66. The van der Waals surface area contributed by atoms with E-state index in [-0.39, 0.29) is 5.75 Å². The van der Waals surface area contributed by atoms with Crippen LogP contribution in [-0.2, 0) is 0 Å². The largest absolute Gasteiger partial charge is 0.507 e. The van der Waals surface area contributed by atoms with Crippen LogP contribution in [0.3, 0.4) is 0 Å². The Kier molecular flexibility index (Phi) is 4.86. The fraction of sp³-hybridized carbons (Fsp3) is 0.421. The van der Waals surface area contributed by atoms with E-state index < -0.39 is 0 Å². The van der Waals surface area contributed by atoms with E-state index in [9.17, 15) is 5.11 Å². The van der Waals surface area contributed by atoms with Crippen molar-refractivity contribution in [3.8, 4) is 5.75 Å². The number of phenolic OH excluding ortho intramolecular Hbond substituents is 1. The number of aromatic nitrogens is 2. The molecule has 7 heteroatoms. The Hall–Kier alpha value is -2.83. The molecule has 2 fully saturated rings. The minimum absolute atomic E-state index is 0.205. The van der Waals surface area contributed by atoms with E-state index in [1.807, 2.05) is 18.2 Å². The smallest absolute Gasteiger partial charge is 0.229 e. The number of rotatable bonds is 5. The van der Waals surface area contributed by atoms with Gasteiger partial charge < -0.3 is 14.9 Å². The summed E-state index contributed by atoms with van der Waals surface area (Å²) in [6.07, 6.45) is 6.38. The number of anilines is 3. The maximum absolute atomic E-state index is 9.83.